The Hall–Kier alpha value is -7.94. The van der Waals surface area contributed by atoms with Crippen LogP contribution in [0.2, 0.25) is 0 Å². The zero-order valence-corrected chi connectivity index (χ0v) is 38.9. The van der Waals surface area contributed by atoms with Gasteiger partial charge in [-0.25, -0.2) is 9.97 Å². The molecule has 2 saturated carbocycles. The third kappa shape index (κ3) is 5.56. The van der Waals surface area contributed by atoms with Gasteiger partial charge in [0.05, 0.1) is 22.4 Å². The smallest absolute Gasteiger partial charge is 0.0791 e. The Balaban J connectivity index is 0.948. The Morgan fingerprint density at radius 2 is 0.643 bits per heavy atom. The molecule has 70 heavy (non-hydrogen) atoms. The van der Waals surface area contributed by atoms with Gasteiger partial charge in [0.25, 0.3) is 0 Å². The summed E-state index contributed by atoms with van der Waals surface area (Å²) in [6, 6.07) is 72.6. The first-order valence-electron chi connectivity index (χ1n) is 25.7. The van der Waals surface area contributed by atoms with Crippen LogP contribution in [0.25, 0.3) is 121 Å². The predicted molar refractivity (Wildman–Crippen MR) is 292 cm³/mol. The van der Waals surface area contributed by atoms with Gasteiger partial charge >= 0.3 is 0 Å². The van der Waals surface area contributed by atoms with Crippen LogP contribution in [-0.2, 0) is 0 Å². The summed E-state index contributed by atoms with van der Waals surface area (Å²) in [6.07, 6.45) is 7.42. The highest BCUT2D eigenvalue weighted by Gasteiger charge is 2.43. The maximum absolute atomic E-state index is 5.93. The maximum Gasteiger partial charge on any atom is 0.0791 e. The van der Waals surface area contributed by atoms with Crippen molar-refractivity contribution in [3.8, 4) is 67.0 Å². The molecule has 0 aliphatic heterocycles. The molecule has 4 unspecified atom stereocenters. The molecule has 4 aliphatic carbocycles. The zero-order valence-electron chi connectivity index (χ0n) is 38.9. The molecule has 2 fully saturated rings. The van der Waals surface area contributed by atoms with E-state index >= 15 is 0 Å². The van der Waals surface area contributed by atoms with E-state index in [9.17, 15) is 0 Å². The lowest BCUT2D eigenvalue weighted by atomic mass is 9.81. The Labute approximate surface area is 407 Å². The van der Waals surface area contributed by atoms with Crippen molar-refractivity contribution in [3.05, 3.63) is 216 Å². The molecule has 2 nitrogen and oxygen atoms in total. The van der Waals surface area contributed by atoms with Crippen LogP contribution in [-0.4, -0.2) is 9.97 Å². The first-order chi connectivity index (χ1) is 34.7. The van der Waals surface area contributed by atoms with E-state index in [1.807, 2.05) is 0 Å². The summed E-state index contributed by atoms with van der Waals surface area (Å²) >= 11 is 0. The highest BCUT2D eigenvalue weighted by molar-refractivity contribution is 6.28. The van der Waals surface area contributed by atoms with Crippen LogP contribution in [0.5, 0.6) is 0 Å². The van der Waals surface area contributed by atoms with Crippen molar-refractivity contribution >= 4 is 54.1 Å². The van der Waals surface area contributed by atoms with E-state index < -0.39 is 0 Å². The molecule has 4 aliphatic rings. The van der Waals surface area contributed by atoms with Crippen molar-refractivity contribution < 1.29 is 0 Å². The van der Waals surface area contributed by atoms with Gasteiger partial charge in [0.2, 0.25) is 0 Å². The Morgan fingerprint density at radius 3 is 1.04 bits per heavy atom. The van der Waals surface area contributed by atoms with Crippen LogP contribution >= 0.6 is 0 Å². The standard InChI is InChI=1S/C68H48N2/c1-5-13-39(14-6-1)49-35-55(41-17-9-3-10-18-41)65-57(37-49)61-45-21-23-47(33-45)63(61)67(69-65)53-31-27-43-26-30-52-54(32-28-44-25-29-51(53)59(43)60(44)52)68-64-48-24-22-46(34-48)62(64)58-38-50(40-15-7-2-8-16-40)36-56(66(58)70-68)42-19-11-4-12-20-42/h1-20,25-32,35-38,45-48H,21-24,33-34H2. The van der Waals surface area contributed by atoms with Gasteiger partial charge in [-0.1, -0.05) is 170 Å². The number of hydrogen-bond acceptors (Lipinski definition) is 2. The third-order valence-corrected chi connectivity index (χ3v) is 17.4. The molecular weight excluding hydrogens is 845 g/mol. The van der Waals surface area contributed by atoms with Gasteiger partial charge in [0, 0.05) is 33.0 Å². The first-order valence-corrected chi connectivity index (χ1v) is 25.7. The molecule has 330 valence electrons. The minimum Gasteiger partial charge on any atom is -0.247 e. The topological polar surface area (TPSA) is 25.8 Å². The lowest BCUT2D eigenvalue weighted by molar-refractivity contribution is 0.720. The van der Waals surface area contributed by atoms with Gasteiger partial charge in [-0.2, -0.15) is 0 Å². The van der Waals surface area contributed by atoms with Crippen LogP contribution in [0.3, 0.4) is 0 Å². The number of nitrogens with zero attached hydrogens (tertiary/aromatic N) is 2. The fraction of sp³-hybridized carbons (Fsp3) is 0.147. The summed E-state index contributed by atoms with van der Waals surface area (Å²) in [5.74, 6) is 2.16. The predicted octanol–water partition coefficient (Wildman–Crippen LogP) is 18.4. The quantitative estimate of drug-likeness (QED) is 0.155. The molecule has 16 rings (SSSR count). The molecule has 10 aromatic carbocycles. The summed E-state index contributed by atoms with van der Waals surface area (Å²) in [6.45, 7) is 0. The zero-order chi connectivity index (χ0) is 45.6. The van der Waals surface area contributed by atoms with Gasteiger partial charge in [-0.05, 0) is 174 Å². The highest BCUT2D eigenvalue weighted by Crippen LogP contribution is 2.61. The minimum atomic E-state index is 0.526. The summed E-state index contributed by atoms with van der Waals surface area (Å²) in [5.41, 5.74) is 23.1. The maximum atomic E-state index is 5.93. The third-order valence-electron chi connectivity index (χ3n) is 17.4. The Morgan fingerprint density at radius 1 is 0.286 bits per heavy atom. The average Bonchev–Trinajstić information content (AvgIpc) is 4.27. The van der Waals surface area contributed by atoms with Gasteiger partial charge < -0.3 is 0 Å². The van der Waals surface area contributed by atoms with Crippen LogP contribution in [0, 0.1) is 0 Å². The lowest BCUT2D eigenvalue weighted by Gasteiger charge is -2.25. The Kier molecular flexibility index (Phi) is 8.23. The van der Waals surface area contributed by atoms with E-state index in [2.05, 4.69) is 194 Å². The van der Waals surface area contributed by atoms with Crippen LogP contribution in [0.4, 0.5) is 0 Å². The normalized spacial score (nSPS) is 18.8. The number of pyridine rings is 2. The fourth-order valence-corrected chi connectivity index (χ4v) is 14.4. The molecule has 2 heterocycles. The average molecular weight is 893 g/mol. The van der Waals surface area contributed by atoms with E-state index in [1.165, 1.54) is 160 Å². The van der Waals surface area contributed by atoms with Gasteiger partial charge in [-0.3, -0.25) is 0 Å². The second-order valence-corrected chi connectivity index (χ2v) is 20.9. The van der Waals surface area contributed by atoms with E-state index in [1.54, 1.807) is 11.1 Å². The van der Waals surface area contributed by atoms with Crippen molar-refractivity contribution in [2.24, 2.45) is 0 Å². The van der Waals surface area contributed by atoms with Crippen LogP contribution < -0.4 is 0 Å². The molecule has 4 bridgehead atoms. The number of aromatic nitrogens is 2. The SMILES string of the molecule is c1ccc(-c2cc(-c3ccccc3)c3nc(-c4ccc5ccc6c(-c7nc8c(-c9ccccc9)cc(-c9ccccc9)cc8c8c7C7CCC8C7)ccc7ccc4c5c76)c4c(c3c2)C2CCC4C2)cc1. The summed E-state index contributed by atoms with van der Waals surface area (Å²) in [7, 11) is 0. The summed E-state index contributed by atoms with van der Waals surface area (Å²) < 4.78 is 0. The first kappa shape index (κ1) is 39.0. The summed E-state index contributed by atoms with van der Waals surface area (Å²) in [4.78, 5) is 11.9. The van der Waals surface area contributed by atoms with Crippen molar-refractivity contribution in [3.63, 3.8) is 0 Å². The number of benzene rings is 10. The van der Waals surface area contributed by atoms with E-state index in [0.717, 1.165) is 11.0 Å². The summed E-state index contributed by atoms with van der Waals surface area (Å²) in [5, 5.41) is 10.5. The molecule has 0 N–H and O–H groups in total. The highest BCUT2D eigenvalue weighted by atomic mass is 14.7. The number of fused-ring (bicyclic) bond motifs is 14. The second kappa shape index (κ2) is 14.8. The molecule has 2 heteroatoms. The molecule has 12 aromatic rings. The molecule has 0 amide bonds. The molecule has 4 atom stereocenters. The van der Waals surface area contributed by atoms with E-state index in [0.29, 0.717) is 23.7 Å². The van der Waals surface area contributed by atoms with Crippen molar-refractivity contribution in [2.75, 3.05) is 0 Å². The largest absolute Gasteiger partial charge is 0.247 e. The molecule has 2 aromatic heterocycles. The number of rotatable bonds is 6. The van der Waals surface area contributed by atoms with Crippen molar-refractivity contribution in [1.82, 2.24) is 9.97 Å². The van der Waals surface area contributed by atoms with E-state index in [4.69, 9.17) is 9.97 Å². The Bertz CT molecular complexity index is 3850. The van der Waals surface area contributed by atoms with Gasteiger partial charge in [-0.15, -0.1) is 0 Å². The molecule has 0 saturated heterocycles. The minimum absolute atomic E-state index is 0.526. The number of hydrogen-bond donors (Lipinski definition) is 0. The van der Waals surface area contributed by atoms with Crippen molar-refractivity contribution in [2.45, 2.75) is 62.2 Å². The van der Waals surface area contributed by atoms with Crippen molar-refractivity contribution in [1.29, 1.82) is 0 Å². The molecule has 0 spiro atoms. The fourth-order valence-electron chi connectivity index (χ4n) is 14.4. The second-order valence-electron chi connectivity index (χ2n) is 20.9. The lowest BCUT2D eigenvalue weighted by Crippen LogP contribution is -2.06. The van der Waals surface area contributed by atoms with Crippen LogP contribution in [0.15, 0.2) is 194 Å². The molecule has 0 radical (unpaired) electrons. The van der Waals surface area contributed by atoms with Gasteiger partial charge in [0.15, 0.2) is 0 Å². The monoisotopic (exact) mass is 892 g/mol. The molecular formula is C68H48N2. The van der Waals surface area contributed by atoms with Crippen LogP contribution in [0.1, 0.15) is 84.5 Å². The van der Waals surface area contributed by atoms with Gasteiger partial charge in [0.1, 0.15) is 0 Å². The van der Waals surface area contributed by atoms with E-state index in [-0.39, 0.29) is 0 Å².